The standard InChI is InChI=1S/C18H15NOS2/c1-12-7-9-13(10-8-12)19(18(21)22-2)16-11-17(20)15-6-4-3-5-14(15)16/h3-11H,1-2H3. The van der Waals surface area contributed by atoms with Gasteiger partial charge in [-0.05, 0) is 25.3 Å². The van der Waals surface area contributed by atoms with Crippen LogP contribution in [0.15, 0.2) is 54.6 Å². The number of nitrogens with zero attached hydrogens (tertiary/aromatic N) is 1. The zero-order valence-electron chi connectivity index (χ0n) is 12.4. The van der Waals surface area contributed by atoms with Gasteiger partial charge in [0.2, 0.25) is 0 Å². The first-order valence-corrected chi connectivity index (χ1v) is 8.55. The minimum atomic E-state index is 0.0339. The van der Waals surface area contributed by atoms with Crippen molar-refractivity contribution in [2.75, 3.05) is 11.2 Å². The van der Waals surface area contributed by atoms with E-state index >= 15 is 0 Å². The van der Waals surface area contributed by atoms with Gasteiger partial charge < -0.3 is 0 Å². The molecule has 0 saturated carbocycles. The SMILES string of the molecule is CSC(=S)N(C1=CC(=O)c2ccccc21)c1ccc(C)cc1. The van der Waals surface area contributed by atoms with Gasteiger partial charge >= 0.3 is 0 Å². The molecule has 2 nitrogen and oxygen atoms in total. The van der Waals surface area contributed by atoms with Crippen LogP contribution < -0.4 is 4.90 Å². The van der Waals surface area contributed by atoms with Crippen molar-refractivity contribution < 1.29 is 4.79 Å². The third-order valence-electron chi connectivity index (χ3n) is 3.63. The molecule has 0 aromatic heterocycles. The number of ketones is 1. The number of hydrogen-bond acceptors (Lipinski definition) is 3. The summed E-state index contributed by atoms with van der Waals surface area (Å²) in [5.41, 5.74) is 4.68. The number of aryl methyl sites for hydroxylation is 1. The molecule has 0 atom stereocenters. The first-order valence-electron chi connectivity index (χ1n) is 6.92. The average molecular weight is 325 g/mol. The molecule has 2 aromatic carbocycles. The van der Waals surface area contributed by atoms with Gasteiger partial charge in [-0.15, -0.1) is 0 Å². The molecule has 0 fully saturated rings. The molecule has 0 saturated heterocycles. The molecule has 0 spiro atoms. The molecule has 0 bridgehead atoms. The molecular weight excluding hydrogens is 310 g/mol. The number of thiocarbonyl (C=S) groups is 1. The summed E-state index contributed by atoms with van der Waals surface area (Å²) in [4.78, 5) is 14.2. The summed E-state index contributed by atoms with van der Waals surface area (Å²) in [6.07, 6.45) is 3.62. The number of benzene rings is 2. The van der Waals surface area contributed by atoms with Crippen LogP contribution in [0.2, 0.25) is 0 Å². The molecule has 0 heterocycles. The lowest BCUT2D eigenvalue weighted by atomic mass is 10.1. The third-order valence-corrected chi connectivity index (χ3v) is 4.84. The first kappa shape index (κ1) is 15.0. The van der Waals surface area contributed by atoms with Crippen LogP contribution in [0.3, 0.4) is 0 Å². The predicted octanol–water partition coefficient (Wildman–Crippen LogP) is 4.69. The summed E-state index contributed by atoms with van der Waals surface area (Å²) in [7, 11) is 0. The summed E-state index contributed by atoms with van der Waals surface area (Å²) >= 11 is 7.03. The summed E-state index contributed by atoms with van der Waals surface area (Å²) in [5, 5.41) is 0. The van der Waals surface area contributed by atoms with Gasteiger partial charge in [-0.2, -0.15) is 0 Å². The van der Waals surface area contributed by atoms with E-state index < -0.39 is 0 Å². The van der Waals surface area contributed by atoms with Gasteiger partial charge in [0.15, 0.2) is 5.78 Å². The zero-order chi connectivity index (χ0) is 15.7. The Morgan fingerprint density at radius 3 is 2.32 bits per heavy atom. The maximum atomic E-state index is 12.2. The topological polar surface area (TPSA) is 20.3 Å². The lowest BCUT2D eigenvalue weighted by Crippen LogP contribution is -2.24. The fraction of sp³-hybridized carbons (Fsp3) is 0.111. The quantitative estimate of drug-likeness (QED) is 0.746. The van der Waals surface area contributed by atoms with Crippen LogP contribution in [-0.4, -0.2) is 16.4 Å². The number of allylic oxidation sites excluding steroid dienone is 1. The van der Waals surface area contributed by atoms with E-state index in [0.717, 1.165) is 26.8 Å². The summed E-state index contributed by atoms with van der Waals surface area (Å²) < 4.78 is 0.722. The van der Waals surface area contributed by atoms with Crippen molar-refractivity contribution in [3.05, 3.63) is 71.3 Å². The third kappa shape index (κ3) is 2.60. The molecule has 1 aliphatic carbocycles. The molecule has 0 unspecified atom stereocenters. The smallest absolute Gasteiger partial charge is 0.188 e. The molecular formula is C18H15NOS2. The Morgan fingerprint density at radius 2 is 1.68 bits per heavy atom. The van der Waals surface area contributed by atoms with E-state index in [1.807, 2.05) is 47.6 Å². The van der Waals surface area contributed by atoms with Crippen molar-refractivity contribution in [3.8, 4) is 0 Å². The molecule has 3 rings (SSSR count). The number of fused-ring (bicyclic) bond motifs is 1. The van der Waals surface area contributed by atoms with E-state index in [2.05, 4.69) is 19.1 Å². The molecule has 110 valence electrons. The van der Waals surface area contributed by atoms with E-state index in [-0.39, 0.29) is 5.78 Å². The van der Waals surface area contributed by atoms with Crippen molar-refractivity contribution in [1.29, 1.82) is 0 Å². The van der Waals surface area contributed by atoms with Crippen molar-refractivity contribution in [1.82, 2.24) is 0 Å². The van der Waals surface area contributed by atoms with Crippen LogP contribution in [0.5, 0.6) is 0 Å². The molecule has 22 heavy (non-hydrogen) atoms. The van der Waals surface area contributed by atoms with Crippen LogP contribution in [0.25, 0.3) is 5.70 Å². The van der Waals surface area contributed by atoms with Crippen molar-refractivity contribution in [3.63, 3.8) is 0 Å². The Morgan fingerprint density at radius 1 is 1.05 bits per heavy atom. The van der Waals surface area contributed by atoms with Crippen molar-refractivity contribution >= 4 is 45.5 Å². The van der Waals surface area contributed by atoms with E-state index in [1.165, 1.54) is 17.3 Å². The van der Waals surface area contributed by atoms with E-state index in [0.29, 0.717) is 0 Å². The van der Waals surface area contributed by atoms with Crippen molar-refractivity contribution in [2.24, 2.45) is 0 Å². The van der Waals surface area contributed by atoms with E-state index in [9.17, 15) is 4.79 Å². The first-order chi connectivity index (χ1) is 10.6. The minimum Gasteiger partial charge on any atom is -0.295 e. The van der Waals surface area contributed by atoms with Crippen LogP contribution in [0.1, 0.15) is 21.5 Å². The van der Waals surface area contributed by atoms with Gasteiger partial charge in [0.25, 0.3) is 0 Å². The van der Waals surface area contributed by atoms with Crippen LogP contribution in [0.4, 0.5) is 5.69 Å². The number of carbonyl (C=O) groups is 1. The normalized spacial score (nSPS) is 12.8. The monoisotopic (exact) mass is 325 g/mol. The number of anilines is 1. The Balaban J connectivity index is 2.12. The van der Waals surface area contributed by atoms with Gasteiger partial charge in [0, 0.05) is 22.9 Å². The number of rotatable bonds is 2. The van der Waals surface area contributed by atoms with Gasteiger partial charge in [-0.3, -0.25) is 9.69 Å². The molecule has 2 aromatic rings. The van der Waals surface area contributed by atoms with E-state index in [1.54, 1.807) is 6.08 Å². The summed E-state index contributed by atoms with van der Waals surface area (Å²) in [6, 6.07) is 15.8. The van der Waals surface area contributed by atoms with Crippen LogP contribution >= 0.6 is 24.0 Å². The van der Waals surface area contributed by atoms with Crippen LogP contribution in [-0.2, 0) is 0 Å². The Labute approximate surface area is 139 Å². The maximum absolute atomic E-state index is 12.2. The Hall–Kier alpha value is -1.91. The second kappa shape index (κ2) is 6.07. The van der Waals surface area contributed by atoms with Gasteiger partial charge in [-0.25, -0.2) is 0 Å². The largest absolute Gasteiger partial charge is 0.295 e. The summed E-state index contributed by atoms with van der Waals surface area (Å²) in [5.74, 6) is 0.0339. The van der Waals surface area contributed by atoms with E-state index in [4.69, 9.17) is 12.2 Å². The fourth-order valence-electron chi connectivity index (χ4n) is 2.51. The van der Waals surface area contributed by atoms with Crippen LogP contribution in [0, 0.1) is 6.92 Å². The van der Waals surface area contributed by atoms with Gasteiger partial charge in [0.1, 0.15) is 4.32 Å². The highest BCUT2D eigenvalue weighted by Gasteiger charge is 2.27. The summed E-state index contributed by atoms with van der Waals surface area (Å²) in [6.45, 7) is 2.05. The lowest BCUT2D eigenvalue weighted by molar-refractivity contribution is 0.105. The van der Waals surface area contributed by atoms with Gasteiger partial charge in [-0.1, -0.05) is 65.9 Å². The molecule has 0 amide bonds. The number of hydrogen-bond donors (Lipinski definition) is 0. The second-order valence-electron chi connectivity index (χ2n) is 5.08. The average Bonchev–Trinajstić information content (AvgIpc) is 2.87. The van der Waals surface area contributed by atoms with Crippen molar-refractivity contribution in [2.45, 2.75) is 6.92 Å². The van der Waals surface area contributed by atoms with Gasteiger partial charge in [0.05, 0.1) is 5.70 Å². The maximum Gasteiger partial charge on any atom is 0.188 e. The fourth-order valence-corrected chi connectivity index (χ4v) is 3.10. The zero-order valence-corrected chi connectivity index (χ0v) is 14.0. The number of thioether (sulfide) groups is 1. The number of carbonyl (C=O) groups excluding carboxylic acids is 1. The molecule has 0 aliphatic heterocycles. The molecule has 0 radical (unpaired) electrons. The lowest BCUT2D eigenvalue weighted by Gasteiger charge is -2.26. The Bertz CT molecular complexity index is 778. The molecule has 0 N–H and O–H groups in total. The minimum absolute atomic E-state index is 0.0339. The molecule has 4 heteroatoms. The second-order valence-corrected chi connectivity index (χ2v) is 6.52. The molecule has 1 aliphatic rings. The predicted molar refractivity (Wildman–Crippen MR) is 98.5 cm³/mol. The highest BCUT2D eigenvalue weighted by Crippen LogP contribution is 2.35. The highest BCUT2D eigenvalue weighted by molar-refractivity contribution is 8.23. The highest BCUT2D eigenvalue weighted by atomic mass is 32.2. The Kier molecular flexibility index (Phi) is 4.14.